The summed E-state index contributed by atoms with van der Waals surface area (Å²) in [6, 6.07) is 4.55. The lowest BCUT2D eigenvalue weighted by Crippen LogP contribution is -2.36. The summed E-state index contributed by atoms with van der Waals surface area (Å²) in [6.07, 6.45) is 7.13. The second-order valence-corrected chi connectivity index (χ2v) is 6.80. The largest absolute Gasteiger partial charge is 0.467 e. The van der Waals surface area contributed by atoms with E-state index in [1.165, 1.54) is 12.8 Å². The smallest absolute Gasteiger partial charge is 0.316 e. The number of methoxy groups -OCH3 is 1. The summed E-state index contributed by atoms with van der Waals surface area (Å²) in [7, 11) is 5.54. The SMILES string of the molecule is COc1ncc(CN2CCCC(Cc3ccc(N(C)C)nn3)C2)cn1. The molecule has 0 amide bonds. The fourth-order valence-electron chi connectivity index (χ4n) is 3.25. The molecule has 3 rings (SSSR count). The van der Waals surface area contributed by atoms with E-state index in [-0.39, 0.29) is 0 Å². The van der Waals surface area contributed by atoms with Gasteiger partial charge in [-0.25, -0.2) is 9.97 Å². The van der Waals surface area contributed by atoms with Crippen LogP contribution in [0.4, 0.5) is 5.82 Å². The van der Waals surface area contributed by atoms with E-state index in [1.807, 2.05) is 37.5 Å². The van der Waals surface area contributed by atoms with Gasteiger partial charge in [0.05, 0.1) is 12.8 Å². The van der Waals surface area contributed by atoms with Gasteiger partial charge in [0.1, 0.15) is 0 Å². The Morgan fingerprint density at radius 1 is 1.20 bits per heavy atom. The highest BCUT2D eigenvalue weighted by Gasteiger charge is 2.21. The Balaban J connectivity index is 1.55. The first-order valence-corrected chi connectivity index (χ1v) is 8.71. The summed E-state index contributed by atoms with van der Waals surface area (Å²) in [5.74, 6) is 1.51. The van der Waals surface area contributed by atoms with Crippen molar-refractivity contribution in [1.29, 1.82) is 0 Å². The minimum absolute atomic E-state index is 0.417. The molecule has 0 spiro atoms. The van der Waals surface area contributed by atoms with Gasteiger partial charge in [-0.2, -0.15) is 5.10 Å². The minimum atomic E-state index is 0.417. The lowest BCUT2D eigenvalue weighted by atomic mass is 9.93. The monoisotopic (exact) mass is 342 g/mol. The standard InChI is InChI=1S/C18H26N6O/c1-23(2)17-7-6-16(21-22-17)9-14-5-4-8-24(12-14)13-15-10-19-18(25-3)20-11-15/h6-7,10-11,14H,4-5,8-9,12-13H2,1-3H3. The van der Waals surface area contributed by atoms with E-state index in [0.717, 1.165) is 43.1 Å². The Kier molecular flexibility index (Phi) is 5.75. The maximum atomic E-state index is 5.01. The molecule has 25 heavy (non-hydrogen) atoms. The van der Waals surface area contributed by atoms with Gasteiger partial charge in [-0.1, -0.05) is 0 Å². The fourth-order valence-corrected chi connectivity index (χ4v) is 3.25. The predicted octanol–water partition coefficient (Wildman–Crippen LogP) is 1.80. The van der Waals surface area contributed by atoms with Crippen LogP contribution < -0.4 is 9.64 Å². The van der Waals surface area contributed by atoms with Crippen molar-refractivity contribution >= 4 is 5.82 Å². The van der Waals surface area contributed by atoms with Gasteiger partial charge in [0.15, 0.2) is 5.82 Å². The predicted molar refractivity (Wildman–Crippen MR) is 96.6 cm³/mol. The third kappa shape index (κ3) is 4.85. The first kappa shape index (κ1) is 17.5. The molecule has 2 aromatic rings. The summed E-state index contributed by atoms with van der Waals surface area (Å²) in [5.41, 5.74) is 2.20. The van der Waals surface area contributed by atoms with Crippen molar-refractivity contribution in [3.05, 3.63) is 35.8 Å². The van der Waals surface area contributed by atoms with Gasteiger partial charge < -0.3 is 9.64 Å². The number of likely N-dealkylation sites (tertiary alicyclic amines) is 1. The summed E-state index contributed by atoms with van der Waals surface area (Å²) >= 11 is 0. The number of rotatable bonds is 6. The van der Waals surface area contributed by atoms with Gasteiger partial charge in [0.2, 0.25) is 0 Å². The molecule has 0 radical (unpaired) electrons. The molecule has 1 unspecified atom stereocenters. The number of ether oxygens (including phenoxy) is 1. The normalized spacial score (nSPS) is 18.1. The van der Waals surface area contributed by atoms with Crippen LogP contribution >= 0.6 is 0 Å². The number of hydrogen-bond acceptors (Lipinski definition) is 7. The quantitative estimate of drug-likeness (QED) is 0.793. The zero-order chi connectivity index (χ0) is 17.6. The van der Waals surface area contributed by atoms with E-state index in [1.54, 1.807) is 7.11 Å². The highest BCUT2D eigenvalue weighted by atomic mass is 16.5. The summed E-state index contributed by atoms with van der Waals surface area (Å²) in [5, 5.41) is 8.66. The third-order valence-corrected chi connectivity index (χ3v) is 4.54. The van der Waals surface area contributed by atoms with Crippen molar-refractivity contribution < 1.29 is 4.74 Å². The van der Waals surface area contributed by atoms with E-state index in [9.17, 15) is 0 Å². The maximum Gasteiger partial charge on any atom is 0.316 e. The second kappa shape index (κ2) is 8.20. The van der Waals surface area contributed by atoms with Crippen LogP contribution in [0.5, 0.6) is 6.01 Å². The van der Waals surface area contributed by atoms with Gasteiger partial charge in [0, 0.05) is 45.1 Å². The van der Waals surface area contributed by atoms with Crippen molar-refractivity contribution in [2.24, 2.45) is 5.92 Å². The summed E-state index contributed by atoms with van der Waals surface area (Å²) in [4.78, 5) is 12.8. The zero-order valence-corrected chi connectivity index (χ0v) is 15.2. The molecule has 1 atom stereocenters. The van der Waals surface area contributed by atoms with Crippen LogP contribution in [-0.4, -0.2) is 59.4 Å². The van der Waals surface area contributed by atoms with Crippen LogP contribution in [0.3, 0.4) is 0 Å². The number of anilines is 1. The molecule has 0 aliphatic carbocycles. The van der Waals surface area contributed by atoms with Gasteiger partial charge in [0.25, 0.3) is 0 Å². The average Bonchev–Trinajstić information content (AvgIpc) is 2.63. The molecule has 1 aliphatic heterocycles. The molecule has 1 saturated heterocycles. The van der Waals surface area contributed by atoms with Crippen molar-refractivity contribution in [3.8, 4) is 6.01 Å². The van der Waals surface area contributed by atoms with Crippen LogP contribution in [0.1, 0.15) is 24.1 Å². The summed E-state index contributed by atoms with van der Waals surface area (Å²) < 4.78 is 5.01. The van der Waals surface area contributed by atoms with Crippen molar-refractivity contribution in [2.75, 3.05) is 39.2 Å². The first-order chi connectivity index (χ1) is 12.1. The Morgan fingerprint density at radius 2 is 2.00 bits per heavy atom. The van der Waals surface area contributed by atoms with E-state index in [0.29, 0.717) is 11.9 Å². The Morgan fingerprint density at radius 3 is 2.64 bits per heavy atom. The van der Waals surface area contributed by atoms with Gasteiger partial charge in [-0.3, -0.25) is 4.90 Å². The zero-order valence-electron chi connectivity index (χ0n) is 15.2. The molecule has 134 valence electrons. The van der Waals surface area contributed by atoms with Crippen LogP contribution in [-0.2, 0) is 13.0 Å². The molecule has 2 aromatic heterocycles. The second-order valence-electron chi connectivity index (χ2n) is 6.80. The molecule has 1 fully saturated rings. The Labute approximate surface area is 149 Å². The number of nitrogens with zero attached hydrogens (tertiary/aromatic N) is 6. The molecule has 1 aliphatic rings. The topological polar surface area (TPSA) is 67.3 Å². The molecular formula is C18H26N6O. The number of aromatic nitrogens is 4. The van der Waals surface area contributed by atoms with Crippen molar-refractivity contribution in [1.82, 2.24) is 25.1 Å². The highest BCUT2D eigenvalue weighted by Crippen LogP contribution is 2.22. The van der Waals surface area contributed by atoms with Crippen LogP contribution in [0.2, 0.25) is 0 Å². The van der Waals surface area contributed by atoms with Gasteiger partial charge >= 0.3 is 6.01 Å². The fraction of sp³-hybridized carbons (Fsp3) is 0.556. The molecule has 7 nitrogen and oxygen atoms in total. The molecule has 7 heteroatoms. The highest BCUT2D eigenvalue weighted by molar-refractivity contribution is 5.34. The van der Waals surface area contributed by atoms with Crippen LogP contribution in [0, 0.1) is 5.92 Å². The molecule has 0 saturated carbocycles. The Bertz CT molecular complexity index is 658. The lowest BCUT2D eigenvalue weighted by molar-refractivity contribution is 0.166. The first-order valence-electron chi connectivity index (χ1n) is 8.71. The van der Waals surface area contributed by atoms with E-state index >= 15 is 0 Å². The maximum absolute atomic E-state index is 5.01. The van der Waals surface area contributed by atoms with Gasteiger partial charge in [-0.05, 0) is 43.9 Å². The number of piperidine rings is 1. The molecule has 3 heterocycles. The van der Waals surface area contributed by atoms with Crippen molar-refractivity contribution in [2.45, 2.75) is 25.8 Å². The third-order valence-electron chi connectivity index (χ3n) is 4.54. The minimum Gasteiger partial charge on any atom is -0.467 e. The van der Waals surface area contributed by atoms with Crippen LogP contribution in [0.15, 0.2) is 24.5 Å². The molecule has 0 aromatic carbocycles. The van der Waals surface area contributed by atoms with E-state index < -0.39 is 0 Å². The van der Waals surface area contributed by atoms with Gasteiger partial charge in [-0.15, -0.1) is 5.10 Å². The van der Waals surface area contributed by atoms with Crippen molar-refractivity contribution in [3.63, 3.8) is 0 Å². The summed E-state index contributed by atoms with van der Waals surface area (Å²) in [6.45, 7) is 3.07. The number of hydrogen-bond donors (Lipinski definition) is 0. The molecule has 0 bridgehead atoms. The average molecular weight is 342 g/mol. The Hall–Kier alpha value is -2.28. The molecular weight excluding hydrogens is 316 g/mol. The van der Waals surface area contributed by atoms with E-state index in [4.69, 9.17) is 4.74 Å². The van der Waals surface area contributed by atoms with Crippen LogP contribution in [0.25, 0.3) is 0 Å². The lowest BCUT2D eigenvalue weighted by Gasteiger charge is -2.32. The van der Waals surface area contributed by atoms with E-state index in [2.05, 4.69) is 31.1 Å². The molecule has 0 N–H and O–H groups in total.